The van der Waals surface area contributed by atoms with E-state index in [0.29, 0.717) is 13.0 Å². The van der Waals surface area contributed by atoms with Crippen LogP contribution in [0.15, 0.2) is 18.2 Å². The minimum absolute atomic E-state index is 0.237. The highest BCUT2D eigenvalue weighted by atomic mass is 35.5. The Morgan fingerprint density at radius 2 is 2.12 bits per heavy atom. The summed E-state index contributed by atoms with van der Waals surface area (Å²) in [4.78, 5) is 20.6. The fourth-order valence-electron chi connectivity index (χ4n) is 3.94. The number of ether oxygens (including phenoxy) is 1. The Bertz CT molecular complexity index is 782. The highest BCUT2D eigenvalue weighted by molar-refractivity contribution is 6.35. The van der Waals surface area contributed by atoms with Gasteiger partial charge in [-0.05, 0) is 13.0 Å². The van der Waals surface area contributed by atoms with Crippen molar-refractivity contribution >= 4 is 28.4 Å². The molecule has 1 amide bonds. The normalized spacial score (nSPS) is 19.8. The molecular formula is C19H24ClN3O2. The van der Waals surface area contributed by atoms with E-state index in [1.54, 1.807) is 0 Å². The van der Waals surface area contributed by atoms with Crippen molar-refractivity contribution in [2.45, 2.75) is 32.4 Å². The zero-order valence-corrected chi connectivity index (χ0v) is 15.3. The Kier molecular flexibility index (Phi) is 4.71. The maximum absolute atomic E-state index is 12.8. The van der Waals surface area contributed by atoms with E-state index in [2.05, 4.69) is 22.9 Å². The lowest BCUT2D eigenvalue weighted by molar-refractivity contribution is -0.133. The average molecular weight is 362 g/mol. The van der Waals surface area contributed by atoms with Crippen molar-refractivity contribution < 1.29 is 9.53 Å². The first-order valence-corrected chi connectivity index (χ1v) is 9.39. The molecule has 1 fully saturated rings. The van der Waals surface area contributed by atoms with E-state index in [9.17, 15) is 4.79 Å². The number of aromatic amines is 1. The molecule has 25 heavy (non-hydrogen) atoms. The minimum atomic E-state index is 0.237. The van der Waals surface area contributed by atoms with Crippen LogP contribution < -0.4 is 0 Å². The number of aromatic nitrogens is 1. The SMILES string of the molecule is C[C@@H](CC(=O)N1CCc2[nH]c3c(Cl)cccc3c2C1)N1CCOCC1. The maximum Gasteiger partial charge on any atom is 0.224 e. The van der Waals surface area contributed by atoms with Crippen LogP contribution in [0.2, 0.25) is 5.02 Å². The summed E-state index contributed by atoms with van der Waals surface area (Å²) in [5.74, 6) is 0.237. The second kappa shape index (κ2) is 6.98. The van der Waals surface area contributed by atoms with Crippen LogP contribution in [0.1, 0.15) is 24.6 Å². The summed E-state index contributed by atoms with van der Waals surface area (Å²) in [6, 6.07) is 6.22. The summed E-state index contributed by atoms with van der Waals surface area (Å²) in [5.41, 5.74) is 3.43. The van der Waals surface area contributed by atoms with Crippen LogP contribution in [-0.2, 0) is 22.5 Å². The van der Waals surface area contributed by atoms with Crippen LogP contribution in [0.25, 0.3) is 10.9 Å². The molecule has 0 saturated carbocycles. The number of nitrogens with one attached hydrogen (secondary N) is 1. The standard InChI is InChI=1S/C19H24ClN3O2/c1-13(22-7-9-25-10-8-22)11-18(24)23-6-5-17-15(12-23)14-3-2-4-16(20)19(14)21-17/h2-4,13,21H,5-12H2,1H3/t13-/m0/s1. The van der Waals surface area contributed by atoms with Crippen LogP contribution in [0.3, 0.4) is 0 Å². The largest absolute Gasteiger partial charge is 0.379 e. The summed E-state index contributed by atoms with van der Waals surface area (Å²) >= 11 is 6.30. The van der Waals surface area contributed by atoms with E-state index >= 15 is 0 Å². The lowest BCUT2D eigenvalue weighted by atomic mass is 10.0. The van der Waals surface area contributed by atoms with Gasteiger partial charge in [0, 0.05) is 61.7 Å². The van der Waals surface area contributed by atoms with Crippen LogP contribution in [0.5, 0.6) is 0 Å². The predicted molar refractivity (Wildman–Crippen MR) is 98.9 cm³/mol. The zero-order valence-electron chi connectivity index (χ0n) is 14.6. The van der Waals surface area contributed by atoms with Crippen LogP contribution in [0.4, 0.5) is 0 Å². The molecule has 134 valence electrons. The molecule has 0 unspecified atom stereocenters. The van der Waals surface area contributed by atoms with Crippen LogP contribution in [-0.4, -0.2) is 59.6 Å². The number of benzene rings is 1. The van der Waals surface area contributed by atoms with Gasteiger partial charge in [0.05, 0.1) is 23.8 Å². The number of fused-ring (bicyclic) bond motifs is 3. The Morgan fingerprint density at radius 1 is 1.32 bits per heavy atom. The topological polar surface area (TPSA) is 48.6 Å². The summed E-state index contributed by atoms with van der Waals surface area (Å²) < 4.78 is 5.40. The van der Waals surface area contributed by atoms with E-state index in [1.165, 1.54) is 11.3 Å². The monoisotopic (exact) mass is 361 g/mol. The summed E-state index contributed by atoms with van der Waals surface area (Å²) in [5, 5.41) is 1.88. The number of morpholine rings is 1. The molecule has 0 radical (unpaired) electrons. The summed E-state index contributed by atoms with van der Waals surface area (Å²) in [6.45, 7) is 6.95. The number of carbonyl (C=O) groups excluding carboxylic acids is 1. The number of H-pyrrole nitrogens is 1. The smallest absolute Gasteiger partial charge is 0.224 e. The third-order valence-electron chi connectivity index (χ3n) is 5.45. The first-order chi connectivity index (χ1) is 12.1. The molecule has 2 aliphatic heterocycles. The van der Waals surface area contributed by atoms with Crippen LogP contribution >= 0.6 is 11.6 Å². The van der Waals surface area contributed by atoms with Gasteiger partial charge in [-0.2, -0.15) is 0 Å². The third-order valence-corrected chi connectivity index (χ3v) is 5.77. The molecule has 6 heteroatoms. The number of halogens is 1. The minimum Gasteiger partial charge on any atom is -0.379 e. The Morgan fingerprint density at radius 3 is 2.92 bits per heavy atom. The summed E-state index contributed by atoms with van der Waals surface area (Å²) in [7, 11) is 0. The van der Waals surface area contributed by atoms with E-state index < -0.39 is 0 Å². The van der Waals surface area contributed by atoms with E-state index in [4.69, 9.17) is 16.3 Å². The number of hydrogen-bond acceptors (Lipinski definition) is 3. The van der Waals surface area contributed by atoms with E-state index in [1.807, 2.05) is 17.0 Å². The van der Waals surface area contributed by atoms with Gasteiger partial charge >= 0.3 is 0 Å². The number of hydrogen-bond donors (Lipinski definition) is 1. The molecule has 4 rings (SSSR count). The van der Waals surface area contributed by atoms with Gasteiger partial charge in [-0.25, -0.2) is 0 Å². The molecule has 0 aliphatic carbocycles. The van der Waals surface area contributed by atoms with Crippen molar-refractivity contribution in [3.63, 3.8) is 0 Å². The number of para-hydroxylation sites is 1. The van der Waals surface area contributed by atoms with Crippen molar-refractivity contribution in [2.24, 2.45) is 0 Å². The van der Waals surface area contributed by atoms with E-state index in [-0.39, 0.29) is 11.9 Å². The Labute approximate surface area is 152 Å². The van der Waals surface area contributed by atoms with Crippen molar-refractivity contribution in [1.82, 2.24) is 14.8 Å². The molecule has 1 aromatic heterocycles. The van der Waals surface area contributed by atoms with Crippen molar-refractivity contribution in [3.8, 4) is 0 Å². The Hall–Kier alpha value is -1.56. The quantitative estimate of drug-likeness (QED) is 0.914. The molecule has 1 N–H and O–H groups in total. The third kappa shape index (κ3) is 3.28. The second-order valence-corrected chi connectivity index (χ2v) is 7.42. The number of rotatable bonds is 3. The lowest BCUT2D eigenvalue weighted by Gasteiger charge is -2.34. The van der Waals surface area contributed by atoms with Gasteiger partial charge in [0.25, 0.3) is 0 Å². The fourth-order valence-corrected chi connectivity index (χ4v) is 4.17. The molecule has 1 saturated heterocycles. The predicted octanol–water partition coefficient (Wildman–Crippen LogP) is 2.82. The van der Waals surface area contributed by atoms with Gasteiger partial charge in [0.15, 0.2) is 0 Å². The van der Waals surface area contributed by atoms with Gasteiger partial charge < -0.3 is 14.6 Å². The first kappa shape index (κ1) is 16.9. The average Bonchev–Trinajstić information content (AvgIpc) is 3.02. The molecule has 3 heterocycles. The molecule has 1 atom stereocenters. The fraction of sp³-hybridized carbons (Fsp3) is 0.526. The zero-order chi connectivity index (χ0) is 17.4. The highest BCUT2D eigenvalue weighted by Crippen LogP contribution is 2.31. The summed E-state index contributed by atoms with van der Waals surface area (Å²) in [6.07, 6.45) is 1.43. The lowest BCUT2D eigenvalue weighted by Crippen LogP contribution is -2.45. The second-order valence-electron chi connectivity index (χ2n) is 7.01. The molecule has 1 aromatic carbocycles. The van der Waals surface area contributed by atoms with Crippen molar-refractivity contribution in [1.29, 1.82) is 0 Å². The molecule has 0 spiro atoms. The Balaban J connectivity index is 1.47. The number of amides is 1. The number of carbonyl (C=O) groups is 1. The molecule has 5 nitrogen and oxygen atoms in total. The van der Waals surface area contributed by atoms with Crippen molar-refractivity contribution in [2.75, 3.05) is 32.8 Å². The first-order valence-electron chi connectivity index (χ1n) is 9.01. The molecule has 0 bridgehead atoms. The van der Waals surface area contributed by atoms with Gasteiger partial charge in [0.2, 0.25) is 5.91 Å². The van der Waals surface area contributed by atoms with Gasteiger partial charge in [-0.15, -0.1) is 0 Å². The van der Waals surface area contributed by atoms with Gasteiger partial charge in [-0.3, -0.25) is 9.69 Å². The maximum atomic E-state index is 12.8. The van der Waals surface area contributed by atoms with Gasteiger partial charge in [0.1, 0.15) is 0 Å². The van der Waals surface area contributed by atoms with E-state index in [0.717, 1.165) is 55.2 Å². The molecular weight excluding hydrogens is 338 g/mol. The molecule has 2 aliphatic rings. The van der Waals surface area contributed by atoms with Crippen LogP contribution in [0, 0.1) is 0 Å². The highest BCUT2D eigenvalue weighted by Gasteiger charge is 2.27. The van der Waals surface area contributed by atoms with Gasteiger partial charge in [-0.1, -0.05) is 23.7 Å². The van der Waals surface area contributed by atoms with Crippen molar-refractivity contribution in [3.05, 3.63) is 34.5 Å². The number of nitrogens with zero attached hydrogens (tertiary/aromatic N) is 2. The molecule has 2 aromatic rings.